The molecule has 2 fully saturated rings. The average Bonchev–Trinajstić information content (AvgIpc) is 3.35. The molecule has 0 amide bonds. The number of aliphatic imine (C=N–C) groups is 1. The zero-order chi connectivity index (χ0) is 19.9. The van der Waals surface area contributed by atoms with Crippen molar-refractivity contribution in [2.24, 2.45) is 10.9 Å². The van der Waals surface area contributed by atoms with Crippen LogP contribution in [0.1, 0.15) is 26.7 Å². The maximum absolute atomic E-state index is 6.21. The number of benzene rings is 1. The third kappa shape index (κ3) is 6.79. The van der Waals surface area contributed by atoms with E-state index in [1.807, 2.05) is 18.2 Å². The molecule has 0 radical (unpaired) electrons. The van der Waals surface area contributed by atoms with Crippen LogP contribution in [0.15, 0.2) is 23.2 Å². The number of methoxy groups -OCH3 is 1. The second-order valence-corrected chi connectivity index (χ2v) is 8.10. The number of rotatable bonds is 7. The fraction of sp³-hybridized carbons (Fsp3) is 0.667. The molecule has 29 heavy (non-hydrogen) atoms. The Morgan fingerprint density at radius 3 is 2.76 bits per heavy atom. The van der Waals surface area contributed by atoms with Gasteiger partial charge in [-0.3, -0.25) is 4.99 Å². The molecule has 0 aromatic heterocycles. The molecule has 2 saturated heterocycles. The first-order valence-corrected chi connectivity index (χ1v) is 10.9. The Hall–Kier alpha value is -0.930. The van der Waals surface area contributed by atoms with E-state index in [2.05, 4.69) is 34.3 Å². The van der Waals surface area contributed by atoms with E-state index in [9.17, 15) is 0 Å². The number of hydrogen-bond donors (Lipinski definition) is 2. The maximum atomic E-state index is 6.21. The second kappa shape index (κ2) is 12.1. The molecule has 2 heterocycles. The number of anilines is 1. The van der Waals surface area contributed by atoms with Crippen LogP contribution in [0.4, 0.5) is 5.69 Å². The van der Waals surface area contributed by atoms with Crippen molar-refractivity contribution < 1.29 is 4.74 Å². The quantitative estimate of drug-likeness (QED) is 0.318. The summed E-state index contributed by atoms with van der Waals surface area (Å²) in [6.45, 7) is 11.5. The van der Waals surface area contributed by atoms with Crippen molar-refractivity contribution >= 4 is 47.2 Å². The SMILES string of the molecule is CCNC(=NCC1CCN(CC)C1)NC1CCN(c2cc(Cl)ccc2OC)C1.I. The van der Waals surface area contributed by atoms with Crippen LogP contribution in [-0.2, 0) is 0 Å². The largest absolute Gasteiger partial charge is 0.495 e. The van der Waals surface area contributed by atoms with Crippen LogP contribution >= 0.6 is 35.6 Å². The summed E-state index contributed by atoms with van der Waals surface area (Å²) >= 11 is 6.21. The van der Waals surface area contributed by atoms with Crippen LogP contribution in [0.5, 0.6) is 5.75 Å². The number of halogens is 2. The molecule has 0 spiro atoms. The van der Waals surface area contributed by atoms with Crippen molar-refractivity contribution in [3.63, 3.8) is 0 Å². The van der Waals surface area contributed by atoms with Crippen LogP contribution in [-0.4, -0.2) is 69.8 Å². The number of nitrogens with one attached hydrogen (secondary N) is 2. The molecule has 0 saturated carbocycles. The highest BCUT2D eigenvalue weighted by Crippen LogP contribution is 2.33. The number of hydrogen-bond acceptors (Lipinski definition) is 4. The zero-order valence-electron chi connectivity index (χ0n) is 17.8. The minimum atomic E-state index is 0. The number of guanidine groups is 1. The molecule has 8 heteroatoms. The maximum Gasteiger partial charge on any atom is 0.191 e. The van der Waals surface area contributed by atoms with Gasteiger partial charge in [0.25, 0.3) is 0 Å². The zero-order valence-corrected chi connectivity index (χ0v) is 20.9. The molecule has 0 aliphatic carbocycles. The highest BCUT2D eigenvalue weighted by Gasteiger charge is 2.26. The Kier molecular flexibility index (Phi) is 10.1. The lowest BCUT2D eigenvalue weighted by Gasteiger charge is -2.22. The predicted octanol–water partition coefficient (Wildman–Crippen LogP) is 3.44. The first kappa shape index (κ1) is 24.3. The van der Waals surface area contributed by atoms with E-state index in [4.69, 9.17) is 21.3 Å². The lowest BCUT2D eigenvalue weighted by atomic mass is 10.1. The van der Waals surface area contributed by atoms with Gasteiger partial charge in [0.1, 0.15) is 5.75 Å². The molecule has 6 nitrogen and oxygen atoms in total. The molecule has 1 aromatic carbocycles. The number of nitrogens with zero attached hydrogens (tertiary/aromatic N) is 3. The molecular weight excluding hydrogens is 501 g/mol. The Bertz CT molecular complexity index is 674. The van der Waals surface area contributed by atoms with Crippen LogP contribution in [0.2, 0.25) is 5.02 Å². The van der Waals surface area contributed by atoms with Gasteiger partial charge >= 0.3 is 0 Å². The normalized spacial score (nSPS) is 22.5. The van der Waals surface area contributed by atoms with E-state index in [1.165, 1.54) is 19.5 Å². The van der Waals surface area contributed by atoms with Crippen molar-refractivity contribution in [1.29, 1.82) is 0 Å². The summed E-state index contributed by atoms with van der Waals surface area (Å²) in [5.41, 5.74) is 1.06. The third-order valence-electron chi connectivity index (χ3n) is 5.68. The molecular formula is C21H35ClIN5O. The van der Waals surface area contributed by atoms with Gasteiger partial charge < -0.3 is 25.2 Å². The summed E-state index contributed by atoms with van der Waals surface area (Å²) in [6, 6.07) is 6.15. The van der Waals surface area contributed by atoms with E-state index in [-0.39, 0.29) is 24.0 Å². The van der Waals surface area contributed by atoms with Gasteiger partial charge in [-0.1, -0.05) is 18.5 Å². The Balaban J connectivity index is 0.00000300. The standard InChI is InChI=1S/C21H34ClN5O.HI/c1-4-23-21(24-13-16-8-10-26(5-2)14-16)25-18-9-11-27(15-18)19-12-17(22)6-7-20(19)28-3;/h6-7,12,16,18H,4-5,8-11,13-15H2,1-3H3,(H2,23,24,25);1H. The lowest BCUT2D eigenvalue weighted by molar-refractivity contribution is 0.343. The van der Waals surface area contributed by atoms with Crippen LogP contribution in [0.3, 0.4) is 0 Å². The molecule has 3 rings (SSSR count). The van der Waals surface area contributed by atoms with Crippen molar-refractivity contribution in [3.05, 3.63) is 23.2 Å². The van der Waals surface area contributed by atoms with E-state index in [0.717, 1.165) is 61.6 Å². The highest BCUT2D eigenvalue weighted by atomic mass is 127. The van der Waals surface area contributed by atoms with Gasteiger partial charge in [0, 0.05) is 43.8 Å². The third-order valence-corrected chi connectivity index (χ3v) is 5.91. The fourth-order valence-corrected chi connectivity index (χ4v) is 4.26. The van der Waals surface area contributed by atoms with E-state index >= 15 is 0 Å². The van der Waals surface area contributed by atoms with Crippen molar-refractivity contribution in [1.82, 2.24) is 15.5 Å². The second-order valence-electron chi connectivity index (χ2n) is 7.66. The summed E-state index contributed by atoms with van der Waals surface area (Å²) < 4.78 is 5.52. The highest BCUT2D eigenvalue weighted by molar-refractivity contribution is 14.0. The summed E-state index contributed by atoms with van der Waals surface area (Å²) in [5, 5.41) is 7.77. The van der Waals surface area contributed by atoms with E-state index in [0.29, 0.717) is 12.0 Å². The van der Waals surface area contributed by atoms with Gasteiger partial charge in [0.15, 0.2) is 5.96 Å². The summed E-state index contributed by atoms with van der Waals surface area (Å²) in [4.78, 5) is 9.72. The molecule has 2 aliphatic rings. The fourth-order valence-electron chi connectivity index (χ4n) is 4.09. The minimum absolute atomic E-state index is 0. The minimum Gasteiger partial charge on any atom is -0.495 e. The Morgan fingerprint density at radius 2 is 2.07 bits per heavy atom. The van der Waals surface area contributed by atoms with Gasteiger partial charge in [-0.05, 0) is 57.0 Å². The number of likely N-dealkylation sites (tertiary alicyclic amines) is 1. The summed E-state index contributed by atoms with van der Waals surface area (Å²) in [5.74, 6) is 2.47. The molecule has 1 aromatic rings. The molecule has 2 N–H and O–H groups in total. The van der Waals surface area contributed by atoms with Gasteiger partial charge in [-0.2, -0.15) is 0 Å². The molecule has 2 aliphatic heterocycles. The molecule has 0 bridgehead atoms. The summed E-state index contributed by atoms with van der Waals surface area (Å²) in [7, 11) is 1.71. The summed E-state index contributed by atoms with van der Waals surface area (Å²) in [6.07, 6.45) is 2.32. The molecule has 2 atom stereocenters. The van der Waals surface area contributed by atoms with Gasteiger partial charge in [-0.25, -0.2) is 0 Å². The van der Waals surface area contributed by atoms with Crippen LogP contribution in [0.25, 0.3) is 0 Å². The van der Waals surface area contributed by atoms with Gasteiger partial charge in [0.05, 0.1) is 12.8 Å². The number of ether oxygens (including phenoxy) is 1. The first-order chi connectivity index (χ1) is 13.6. The molecule has 2 unspecified atom stereocenters. The van der Waals surface area contributed by atoms with E-state index in [1.54, 1.807) is 7.11 Å². The smallest absolute Gasteiger partial charge is 0.191 e. The van der Waals surface area contributed by atoms with Gasteiger partial charge in [0.2, 0.25) is 0 Å². The lowest BCUT2D eigenvalue weighted by Crippen LogP contribution is -2.45. The predicted molar refractivity (Wildman–Crippen MR) is 133 cm³/mol. The van der Waals surface area contributed by atoms with E-state index < -0.39 is 0 Å². The van der Waals surface area contributed by atoms with Crippen LogP contribution < -0.4 is 20.3 Å². The Labute approximate surface area is 197 Å². The first-order valence-electron chi connectivity index (χ1n) is 10.5. The monoisotopic (exact) mass is 535 g/mol. The van der Waals surface area contributed by atoms with Gasteiger partial charge in [-0.15, -0.1) is 24.0 Å². The van der Waals surface area contributed by atoms with Crippen molar-refractivity contribution in [3.8, 4) is 5.75 Å². The van der Waals surface area contributed by atoms with Crippen molar-refractivity contribution in [2.75, 3.05) is 57.8 Å². The Morgan fingerprint density at radius 1 is 1.24 bits per heavy atom. The average molecular weight is 536 g/mol. The van der Waals surface area contributed by atoms with Crippen molar-refractivity contribution in [2.45, 2.75) is 32.7 Å². The topological polar surface area (TPSA) is 52.1 Å². The molecule has 164 valence electrons. The van der Waals surface area contributed by atoms with Crippen LogP contribution in [0, 0.1) is 5.92 Å².